The maximum atomic E-state index is 14.4. The van der Waals surface area contributed by atoms with Gasteiger partial charge in [-0.2, -0.15) is 0 Å². The molecule has 13 atom stereocenters. The first-order chi connectivity index (χ1) is 24.9. The maximum absolute atomic E-state index is 14.4. The molecule has 10 rings (SSSR count). The van der Waals surface area contributed by atoms with Crippen molar-refractivity contribution in [3.63, 3.8) is 0 Å². The molecule has 10 aliphatic rings. The molecule has 0 amide bonds. The Morgan fingerprint density at radius 1 is 0.774 bits per heavy atom. The summed E-state index contributed by atoms with van der Waals surface area (Å²) in [6.07, 6.45) is 0.362. The van der Waals surface area contributed by atoms with Gasteiger partial charge in [0.25, 0.3) is 5.79 Å². The van der Waals surface area contributed by atoms with E-state index in [1.807, 2.05) is 6.92 Å². The van der Waals surface area contributed by atoms with Crippen LogP contribution in [0.5, 0.6) is 0 Å². The van der Waals surface area contributed by atoms with Crippen molar-refractivity contribution in [1.29, 1.82) is 0 Å². The summed E-state index contributed by atoms with van der Waals surface area (Å²) >= 11 is 0. The molecule has 0 saturated heterocycles. The van der Waals surface area contributed by atoms with Crippen LogP contribution in [0.2, 0.25) is 0 Å². The van der Waals surface area contributed by atoms with Crippen molar-refractivity contribution < 1.29 is 68.1 Å². The number of carbonyl (C=O) groups is 5. The van der Waals surface area contributed by atoms with Gasteiger partial charge in [-0.15, -0.1) is 0 Å². The number of rotatable bonds is 0. The molecule has 5 fully saturated rings. The molecule has 0 aromatic rings. The van der Waals surface area contributed by atoms with Gasteiger partial charge >= 0.3 is 29.8 Å². The molecular formula is C39H42O14. The summed E-state index contributed by atoms with van der Waals surface area (Å²) < 4.78 is 28.8. The van der Waals surface area contributed by atoms with Crippen LogP contribution < -0.4 is 0 Å². The number of hydrogen-bond donors (Lipinski definition) is 4. The van der Waals surface area contributed by atoms with E-state index in [0.717, 1.165) is 0 Å². The van der Waals surface area contributed by atoms with Crippen molar-refractivity contribution in [2.45, 2.75) is 94.9 Å². The van der Waals surface area contributed by atoms with E-state index >= 15 is 0 Å². The molecule has 5 saturated carbocycles. The van der Waals surface area contributed by atoms with Gasteiger partial charge in [-0.1, -0.05) is 13.8 Å². The average molecular weight is 735 g/mol. The minimum Gasteiger partial charge on any atom is -0.461 e. The van der Waals surface area contributed by atoms with E-state index in [0.29, 0.717) is 24.0 Å². The Balaban J connectivity index is 1.21. The van der Waals surface area contributed by atoms with Gasteiger partial charge in [-0.05, 0) is 85.8 Å². The lowest BCUT2D eigenvalue weighted by atomic mass is 9.42. The van der Waals surface area contributed by atoms with Gasteiger partial charge in [0.15, 0.2) is 5.60 Å². The fourth-order valence-corrected chi connectivity index (χ4v) is 13.2. The number of fused-ring (bicyclic) bond motifs is 9. The highest BCUT2D eigenvalue weighted by atomic mass is 16.7. The van der Waals surface area contributed by atoms with E-state index in [1.165, 1.54) is 19.9 Å². The molecule has 0 aromatic carbocycles. The maximum Gasteiger partial charge on any atom is 0.338 e. The Kier molecular flexibility index (Phi) is 6.27. The molecule has 4 N–H and O–H groups in total. The van der Waals surface area contributed by atoms with Crippen LogP contribution in [0.25, 0.3) is 0 Å². The van der Waals surface area contributed by atoms with Crippen molar-refractivity contribution in [3.8, 4) is 0 Å². The zero-order valence-corrected chi connectivity index (χ0v) is 29.9. The van der Waals surface area contributed by atoms with Crippen molar-refractivity contribution in [3.05, 3.63) is 45.1 Å². The number of hydrogen-bond acceptors (Lipinski definition) is 14. The molecule has 7 aliphatic carbocycles. The minimum atomic E-state index is -2.51. The van der Waals surface area contributed by atoms with Crippen molar-refractivity contribution in [1.82, 2.24) is 0 Å². The van der Waals surface area contributed by atoms with Crippen LogP contribution in [-0.4, -0.2) is 98.8 Å². The number of ether oxygens (including phenoxy) is 5. The Morgan fingerprint density at radius 3 is 2.21 bits per heavy atom. The van der Waals surface area contributed by atoms with E-state index in [1.54, 1.807) is 6.92 Å². The van der Waals surface area contributed by atoms with E-state index < -0.39 is 87.8 Å². The fourth-order valence-electron chi connectivity index (χ4n) is 13.2. The summed E-state index contributed by atoms with van der Waals surface area (Å²) in [6.45, 7) is 5.65. The number of aliphatic hydroxyl groups is 4. The molecule has 3 aliphatic heterocycles. The van der Waals surface area contributed by atoms with Crippen LogP contribution in [0, 0.1) is 46.3 Å². The predicted molar refractivity (Wildman–Crippen MR) is 174 cm³/mol. The van der Waals surface area contributed by atoms with Gasteiger partial charge in [0.1, 0.15) is 31.5 Å². The van der Waals surface area contributed by atoms with E-state index in [-0.39, 0.29) is 90.4 Å². The lowest BCUT2D eigenvalue weighted by Gasteiger charge is -2.64. The Hall–Kier alpha value is -3.85. The monoisotopic (exact) mass is 734 g/mol. The molecule has 1 spiro atoms. The van der Waals surface area contributed by atoms with Crippen LogP contribution in [0.4, 0.5) is 0 Å². The highest BCUT2D eigenvalue weighted by molar-refractivity contribution is 5.98. The molecule has 2 bridgehead atoms. The molecule has 14 nitrogen and oxygen atoms in total. The quantitative estimate of drug-likeness (QED) is 0.202. The highest BCUT2D eigenvalue weighted by Crippen LogP contribution is 2.84. The van der Waals surface area contributed by atoms with Gasteiger partial charge in [0.2, 0.25) is 0 Å². The van der Waals surface area contributed by atoms with Gasteiger partial charge in [0, 0.05) is 39.5 Å². The molecule has 3 heterocycles. The number of carbonyl (C=O) groups excluding carboxylic acids is 5. The normalized spacial score (nSPS) is 51.7. The van der Waals surface area contributed by atoms with Gasteiger partial charge < -0.3 is 44.1 Å². The molecule has 0 aromatic heterocycles. The average Bonchev–Trinajstić information content (AvgIpc) is 4.01. The van der Waals surface area contributed by atoms with Crippen LogP contribution in [0.15, 0.2) is 45.1 Å². The molecule has 282 valence electrons. The van der Waals surface area contributed by atoms with E-state index in [2.05, 4.69) is 0 Å². The van der Waals surface area contributed by atoms with Gasteiger partial charge in [-0.3, -0.25) is 9.59 Å². The van der Waals surface area contributed by atoms with Crippen LogP contribution in [-0.2, 0) is 47.7 Å². The Bertz CT molecular complexity index is 2020. The van der Waals surface area contributed by atoms with Crippen molar-refractivity contribution >= 4 is 29.8 Å². The zero-order valence-electron chi connectivity index (χ0n) is 29.9. The van der Waals surface area contributed by atoms with Crippen molar-refractivity contribution in [2.75, 3.05) is 19.8 Å². The lowest BCUT2D eigenvalue weighted by molar-refractivity contribution is -0.244. The second-order valence-electron chi connectivity index (χ2n) is 17.6. The minimum absolute atomic E-state index is 0.00694. The Labute approximate surface area is 303 Å². The standard InChI is InChI=1S/C39H42O14/c1-15-7-8-49-25(40)5-6-26(41)50-13-17-18-11-23-34(3,19-9-22(19)37(23,47)14-51-30(15)42)24-12-36(46)21-10-20(21)35(4)29(36)28(38(18,24)52-32(17)44)27-16(2)31(43)53-39(27,48)33(35)45/h7,19-24,33,45-48H,5-6,8-14H2,1-4H3/b15-7-/t19-,20-,21+,22+,23-,24+,33-,34+,35+,36+,37+,38-,39-/m1/s1. The van der Waals surface area contributed by atoms with Gasteiger partial charge in [-0.25, -0.2) is 14.4 Å². The second kappa shape index (κ2) is 9.87. The fraction of sp³-hybridized carbons (Fsp3) is 0.667. The molecule has 0 unspecified atom stereocenters. The first kappa shape index (κ1) is 33.7. The summed E-state index contributed by atoms with van der Waals surface area (Å²) in [7, 11) is 0. The molecule has 53 heavy (non-hydrogen) atoms. The van der Waals surface area contributed by atoms with Crippen LogP contribution in [0.1, 0.15) is 66.2 Å². The molecule has 0 radical (unpaired) electrons. The summed E-state index contributed by atoms with van der Waals surface area (Å²) in [5.74, 6) is -8.71. The number of esters is 5. The second-order valence-corrected chi connectivity index (χ2v) is 17.6. The summed E-state index contributed by atoms with van der Waals surface area (Å²) in [4.78, 5) is 66.3. The third kappa shape index (κ3) is 3.67. The third-order valence-electron chi connectivity index (χ3n) is 15.6. The SMILES string of the molecule is CC1=C2C3=C4[C@](C)([C@@H]5C[C@@H]5[C@@]4(O)C[C@@H]4[C@@]35OC(=O)C3=C5C[C@H]5[C@](O)(COC(=O)/C(C)=C\COC(=O)CCC(=O)OC3)[C@H]3C[C@H]3[C@]45C)[C@@H](O)[C@]2(O)OC1=O. The van der Waals surface area contributed by atoms with E-state index in [4.69, 9.17) is 23.7 Å². The molecule has 14 heteroatoms. The zero-order chi connectivity index (χ0) is 37.6. The largest absolute Gasteiger partial charge is 0.461 e. The summed E-state index contributed by atoms with van der Waals surface area (Å²) in [5, 5.41) is 50.2. The number of cyclic esters (lactones) is 3. The topological polar surface area (TPSA) is 212 Å². The van der Waals surface area contributed by atoms with Gasteiger partial charge in [0.05, 0.1) is 24.0 Å². The first-order valence-corrected chi connectivity index (χ1v) is 18.6. The smallest absolute Gasteiger partial charge is 0.338 e. The highest BCUT2D eigenvalue weighted by Gasteiger charge is 2.87. The first-order valence-electron chi connectivity index (χ1n) is 18.6. The van der Waals surface area contributed by atoms with E-state index in [9.17, 15) is 44.4 Å². The van der Waals surface area contributed by atoms with Crippen LogP contribution >= 0.6 is 0 Å². The van der Waals surface area contributed by atoms with Crippen LogP contribution in [0.3, 0.4) is 0 Å². The summed E-state index contributed by atoms with van der Waals surface area (Å²) in [5.41, 5.74) is -5.72. The third-order valence-corrected chi connectivity index (χ3v) is 15.6. The lowest BCUT2D eigenvalue weighted by Crippen LogP contribution is -2.69. The number of aliphatic hydroxyl groups excluding tert-OH is 1. The predicted octanol–water partition coefficient (Wildman–Crippen LogP) is 0.995. The Morgan fingerprint density at radius 2 is 1.47 bits per heavy atom. The van der Waals surface area contributed by atoms with Crippen molar-refractivity contribution in [2.24, 2.45) is 46.3 Å². The molecular weight excluding hydrogens is 692 g/mol. The summed E-state index contributed by atoms with van der Waals surface area (Å²) in [6, 6.07) is 0.